The quantitative estimate of drug-likeness (QED) is 0.476. The van der Waals surface area contributed by atoms with Crippen LogP contribution in [-0.2, 0) is 6.42 Å². The molecule has 0 amide bonds. The number of hydrogen-bond acceptors (Lipinski definition) is 3. The summed E-state index contributed by atoms with van der Waals surface area (Å²) in [4.78, 5) is 10.9. The van der Waals surface area contributed by atoms with Crippen LogP contribution < -0.4 is 10.6 Å². The fourth-order valence-electron chi connectivity index (χ4n) is 2.71. The third-order valence-corrected chi connectivity index (χ3v) is 4.32. The van der Waals surface area contributed by atoms with Crippen LogP contribution in [-0.4, -0.2) is 55.6 Å². The Morgan fingerprint density at radius 1 is 1.45 bits per heavy atom. The van der Waals surface area contributed by atoms with E-state index in [1.54, 1.807) is 0 Å². The number of halogens is 1. The van der Waals surface area contributed by atoms with Crippen molar-refractivity contribution in [1.82, 2.24) is 20.5 Å². The first-order valence-corrected chi connectivity index (χ1v) is 8.36. The fourth-order valence-corrected chi connectivity index (χ4v) is 2.82. The Balaban J connectivity index is 1.66. The predicted octanol–water partition coefficient (Wildman–Crippen LogP) is 1.78. The standard InChI is InChI=1S/C16H26ClN5/c1-3-22-9-7-14(12-22)11-21-16(18-2)19-8-6-13-4-5-15(17)20-10-13/h4-5,10,14H,3,6-9,11-12H2,1-2H3,(H2,18,19,21). The van der Waals surface area contributed by atoms with Gasteiger partial charge >= 0.3 is 0 Å². The van der Waals surface area contributed by atoms with Crippen molar-refractivity contribution < 1.29 is 0 Å². The molecule has 2 N–H and O–H groups in total. The fraction of sp³-hybridized carbons (Fsp3) is 0.625. The molecule has 22 heavy (non-hydrogen) atoms. The second kappa shape index (κ2) is 8.96. The second-order valence-electron chi connectivity index (χ2n) is 5.67. The highest BCUT2D eigenvalue weighted by atomic mass is 35.5. The van der Waals surface area contributed by atoms with E-state index >= 15 is 0 Å². The third-order valence-electron chi connectivity index (χ3n) is 4.09. The zero-order chi connectivity index (χ0) is 15.8. The lowest BCUT2D eigenvalue weighted by molar-refractivity contribution is 0.342. The maximum absolute atomic E-state index is 5.78. The lowest BCUT2D eigenvalue weighted by atomic mass is 10.1. The molecule has 0 bridgehead atoms. The molecular weight excluding hydrogens is 298 g/mol. The Kier molecular flexibility index (Phi) is 6.93. The summed E-state index contributed by atoms with van der Waals surface area (Å²) >= 11 is 5.78. The number of aliphatic imine (C=N–C) groups is 1. The van der Waals surface area contributed by atoms with Crippen LogP contribution in [0.1, 0.15) is 18.9 Å². The van der Waals surface area contributed by atoms with Crippen molar-refractivity contribution in [3.63, 3.8) is 0 Å². The van der Waals surface area contributed by atoms with Crippen LogP contribution in [0.4, 0.5) is 0 Å². The van der Waals surface area contributed by atoms with Gasteiger partial charge in [-0.25, -0.2) is 4.98 Å². The molecular formula is C16H26ClN5. The summed E-state index contributed by atoms with van der Waals surface area (Å²) in [6.45, 7) is 7.60. The first-order valence-electron chi connectivity index (χ1n) is 7.98. The SMILES string of the molecule is CCN1CCC(CNC(=NC)NCCc2ccc(Cl)nc2)C1. The van der Waals surface area contributed by atoms with Gasteiger partial charge in [-0.15, -0.1) is 0 Å². The van der Waals surface area contributed by atoms with Crippen molar-refractivity contribution in [2.45, 2.75) is 19.8 Å². The van der Waals surface area contributed by atoms with Crippen molar-refractivity contribution >= 4 is 17.6 Å². The molecule has 0 aromatic carbocycles. The molecule has 1 fully saturated rings. The number of guanidine groups is 1. The Bertz CT molecular complexity index is 474. The summed E-state index contributed by atoms with van der Waals surface area (Å²) in [5, 5.41) is 7.31. The minimum Gasteiger partial charge on any atom is -0.356 e. The van der Waals surface area contributed by atoms with Crippen molar-refractivity contribution in [3.8, 4) is 0 Å². The molecule has 1 atom stereocenters. The van der Waals surface area contributed by atoms with Crippen LogP contribution in [0.3, 0.4) is 0 Å². The van der Waals surface area contributed by atoms with Gasteiger partial charge in [0.25, 0.3) is 0 Å². The molecule has 2 heterocycles. The lowest BCUT2D eigenvalue weighted by Gasteiger charge is -2.16. The van der Waals surface area contributed by atoms with E-state index in [1.165, 1.54) is 25.1 Å². The maximum Gasteiger partial charge on any atom is 0.190 e. The zero-order valence-electron chi connectivity index (χ0n) is 13.5. The molecule has 6 heteroatoms. The second-order valence-corrected chi connectivity index (χ2v) is 6.05. The average molecular weight is 324 g/mol. The molecule has 122 valence electrons. The molecule has 0 aliphatic carbocycles. The Labute approximate surface area is 138 Å². The van der Waals surface area contributed by atoms with Gasteiger partial charge in [-0.1, -0.05) is 24.6 Å². The zero-order valence-corrected chi connectivity index (χ0v) is 14.2. The molecule has 0 radical (unpaired) electrons. The van der Waals surface area contributed by atoms with Gasteiger partial charge < -0.3 is 15.5 Å². The van der Waals surface area contributed by atoms with Gasteiger partial charge in [0.1, 0.15) is 5.15 Å². The van der Waals surface area contributed by atoms with Crippen molar-refractivity contribution in [2.24, 2.45) is 10.9 Å². The normalized spacial score (nSPS) is 19.4. The summed E-state index contributed by atoms with van der Waals surface area (Å²) in [5.74, 6) is 1.59. The van der Waals surface area contributed by atoms with Gasteiger partial charge in [-0.3, -0.25) is 4.99 Å². The molecule has 1 unspecified atom stereocenters. The lowest BCUT2D eigenvalue weighted by Crippen LogP contribution is -2.41. The summed E-state index contributed by atoms with van der Waals surface area (Å²) in [6.07, 6.45) is 3.99. The number of rotatable bonds is 6. The van der Waals surface area contributed by atoms with Gasteiger partial charge in [-0.05, 0) is 43.5 Å². The predicted molar refractivity (Wildman–Crippen MR) is 92.5 cm³/mol. The highest BCUT2D eigenvalue weighted by Gasteiger charge is 2.20. The molecule has 1 aromatic heterocycles. The number of likely N-dealkylation sites (tertiary alicyclic amines) is 1. The van der Waals surface area contributed by atoms with E-state index in [0.717, 1.165) is 37.9 Å². The van der Waals surface area contributed by atoms with E-state index in [9.17, 15) is 0 Å². The van der Waals surface area contributed by atoms with E-state index in [4.69, 9.17) is 11.6 Å². The van der Waals surface area contributed by atoms with Crippen LogP contribution in [0.15, 0.2) is 23.3 Å². The first kappa shape index (κ1) is 17.0. The van der Waals surface area contributed by atoms with Gasteiger partial charge in [-0.2, -0.15) is 0 Å². The largest absolute Gasteiger partial charge is 0.356 e. The summed E-state index contributed by atoms with van der Waals surface area (Å²) in [6, 6.07) is 3.83. The Morgan fingerprint density at radius 3 is 2.95 bits per heavy atom. The molecule has 0 saturated carbocycles. The van der Waals surface area contributed by atoms with Gasteiger partial charge in [0.05, 0.1) is 0 Å². The van der Waals surface area contributed by atoms with Crippen molar-refractivity contribution in [3.05, 3.63) is 29.0 Å². The van der Waals surface area contributed by atoms with Crippen LogP contribution in [0.5, 0.6) is 0 Å². The number of pyridine rings is 1. The molecule has 1 aromatic rings. The van der Waals surface area contributed by atoms with E-state index in [-0.39, 0.29) is 0 Å². The molecule has 1 aliphatic rings. The monoisotopic (exact) mass is 323 g/mol. The van der Waals surface area contributed by atoms with Crippen molar-refractivity contribution in [2.75, 3.05) is 39.8 Å². The van der Waals surface area contributed by atoms with Gasteiger partial charge in [0, 0.05) is 32.9 Å². The van der Waals surface area contributed by atoms with E-state index in [2.05, 4.69) is 32.4 Å². The first-order chi connectivity index (χ1) is 10.7. The molecule has 2 rings (SSSR count). The summed E-state index contributed by atoms with van der Waals surface area (Å²) < 4.78 is 0. The van der Waals surface area contributed by atoms with E-state index in [0.29, 0.717) is 5.15 Å². The number of nitrogens with one attached hydrogen (secondary N) is 2. The van der Waals surface area contributed by atoms with Gasteiger partial charge in [0.15, 0.2) is 5.96 Å². The van der Waals surface area contributed by atoms with Crippen molar-refractivity contribution in [1.29, 1.82) is 0 Å². The minimum atomic E-state index is 0.534. The molecule has 1 saturated heterocycles. The molecule has 0 spiro atoms. The average Bonchev–Trinajstić information content (AvgIpc) is 3.00. The van der Waals surface area contributed by atoms with Crippen LogP contribution in [0.25, 0.3) is 0 Å². The highest BCUT2D eigenvalue weighted by molar-refractivity contribution is 6.29. The highest BCUT2D eigenvalue weighted by Crippen LogP contribution is 2.14. The van der Waals surface area contributed by atoms with Crippen LogP contribution in [0, 0.1) is 5.92 Å². The minimum absolute atomic E-state index is 0.534. The Morgan fingerprint density at radius 2 is 2.32 bits per heavy atom. The molecule has 1 aliphatic heterocycles. The number of hydrogen-bond donors (Lipinski definition) is 2. The maximum atomic E-state index is 5.78. The molecule has 5 nitrogen and oxygen atoms in total. The van der Waals surface area contributed by atoms with Crippen LogP contribution in [0.2, 0.25) is 5.15 Å². The Hall–Kier alpha value is -1.33. The summed E-state index contributed by atoms with van der Waals surface area (Å²) in [7, 11) is 1.81. The van der Waals surface area contributed by atoms with E-state index in [1.807, 2.05) is 25.4 Å². The summed E-state index contributed by atoms with van der Waals surface area (Å²) in [5.41, 5.74) is 1.17. The van der Waals surface area contributed by atoms with E-state index < -0.39 is 0 Å². The van der Waals surface area contributed by atoms with Gasteiger partial charge in [0.2, 0.25) is 0 Å². The topological polar surface area (TPSA) is 52.5 Å². The third kappa shape index (κ3) is 5.46. The number of aromatic nitrogens is 1. The number of nitrogens with zero attached hydrogens (tertiary/aromatic N) is 3. The van der Waals surface area contributed by atoms with Crippen LogP contribution >= 0.6 is 11.6 Å². The smallest absolute Gasteiger partial charge is 0.190 e.